The molecule has 0 heterocycles. The summed E-state index contributed by atoms with van der Waals surface area (Å²) in [5.41, 5.74) is 0.318. The van der Waals surface area contributed by atoms with Crippen molar-refractivity contribution in [2.75, 3.05) is 14.2 Å². The lowest BCUT2D eigenvalue weighted by atomic mass is 10.2. The second kappa shape index (κ2) is 8.07. The summed E-state index contributed by atoms with van der Waals surface area (Å²) < 4.78 is 21.5. The van der Waals surface area contributed by atoms with Crippen LogP contribution in [0.25, 0.3) is 0 Å². The van der Waals surface area contributed by atoms with Crippen LogP contribution in [-0.2, 0) is 0 Å². The van der Waals surface area contributed by atoms with Gasteiger partial charge in [-0.15, -0.1) is 0 Å². The Kier molecular flexibility index (Phi) is 5.39. The van der Waals surface area contributed by atoms with Crippen molar-refractivity contribution in [3.63, 3.8) is 0 Å². The van der Waals surface area contributed by atoms with Crippen LogP contribution in [0.3, 0.4) is 0 Å². The molecule has 3 rings (SSSR count). The number of carbonyl (C=O) groups excluding carboxylic acids is 1. The lowest BCUT2D eigenvalue weighted by Crippen LogP contribution is -2.10. The molecule has 0 radical (unpaired) electrons. The van der Waals surface area contributed by atoms with Crippen LogP contribution < -0.4 is 18.9 Å². The number of esters is 1. The number of rotatable bonds is 6. The average molecular weight is 350 g/mol. The highest BCUT2D eigenvalue weighted by Gasteiger charge is 2.15. The Labute approximate surface area is 151 Å². The van der Waals surface area contributed by atoms with Crippen LogP contribution >= 0.6 is 0 Å². The van der Waals surface area contributed by atoms with Gasteiger partial charge in [-0.25, -0.2) is 4.79 Å². The smallest absolute Gasteiger partial charge is 0.347 e. The molecule has 0 spiro atoms. The summed E-state index contributed by atoms with van der Waals surface area (Å²) in [6, 6.07) is 21.2. The molecule has 5 nitrogen and oxygen atoms in total. The van der Waals surface area contributed by atoms with E-state index in [1.54, 1.807) is 49.6 Å². The van der Waals surface area contributed by atoms with E-state index in [4.69, 9.17) is 18.9 Å². The quantitative estimate of drug-likeness (QED) is 0.476. The van der Waals surface area contributed by atoms with Gasteiger partial charge in [-0.1, -0.05) is 18.2 Å². The minimum absolute atomic E-state index is 0.318. The fourth-order valence-electron chi connectivity index (χ4n) is 2.33. The fourth-order valence-corrected chi connectivity index (χ4v) is 2.33. The summed E-state index contributed by atoms with van der Waals surface area (Å²) in [4.78, 5) is 12.4. The summed E-state index contributed by atoms with van der Waals surface area (Å²) in [5.74, 6) is 2.27. The molecule has 0 aliphatic heterocycles. The van der Waals surface area contributed by atoms with Crippen LogP contribution in [-0.4, -0.2) is 20.2 Å². The average Bonchev–Trinajstić information content (AvgIpc) is 2.69. The number of para-hydroxylation sites is 1. The first-order chi connectivity index (χ1) is 12.7. The van der Waals surface area contributed by atoms with E-state index in [9.17, 15) is 4.79 Å². The van der Waals surface area contributed by atoms with E-state index in [-0.39, 0.29) is 0 Å². The Balaban J connectivity index is 1.70. The van der Waals surface area contributed by atoms with Gasteiger partial charge in [0.1, 0.15) is 34.3 Å². The lowest BCUT2D eigenvalue weighted by Gasteiger charge is -2.10. The Morgan fingerprint density at radius 1 is 0.692 bits per heavy atom. The minimum Gasteiger partial charge on any atom is -0.497 e. The van der Waals surface area contributed by atoms with Crippen molar-refractivity contribution < 1.29 is 23.7 Å². The van der Waals surface area contributed by atoms with E-state index in [2.05, 4.69) is 0 Å². The van der Waals surface area contributed by atoms with Gasteiger partial charge in [-0.2, -0.15) is 0 Å². The molecule has 0 amide bonds. The van der Waals surface area contributed by atoms with Gasteiger partial charge < -0.3 is 18.9 Å². The molecule has 0 aromatic heterocycles. The van der Waals surface area contributed by atoms with E-state index >= 15 is 0 Å². The number of carbonyl (C=O) groups is 1. The van der Waals surface area contributed by atoms with Crippen molar-refractivity contribution in [2.45, 2.75) is 0 Å². The van der Waals surface area contributed by atoms with Crippen molar-refractivity contribution >= 4 is 5.97 Å². The summed E-state index contributed by atoms with van der Waals surface area (Å²) in [6.07, 6.45) is 0. The molecule has 0 unspecified atom stereocenters. The van der Waals surface area contributed by atoms with Crippen molar-refractivity contribution in [3.05, 3.63) is 78.4 Å². The predicted octanol–water partition coefficient (Wildman–Crippen LogP) is 4.72. The van der Waals surface area contributed by atoms with Crippen LogP contribution in [0.15, 0.2) is 72.8 Å². The Bertz CT molecular complexity index is 873. The van der Waals surface area contributed by atoms with Crippen molar-refractivity contribution in [2.24, 2.45) is 0 Å². The number of hydrogen-bond donors (Lipinski definition) is 0. The maximum atomic E-state index is 12.4. The van der Waals surface area contributed by atoms with Gasteiger partial charge in [0.15, 0.2) is 0 Å². The molecule has 26 heavy (non-hydrogen) atoms. The van der Waals surface area contributed by atoms with Crippen LogP contribution in [0.4, 0.5) is 0 Å². The maximum Gasteiger partial charge on any atom is 0.347 e. The fraction of sp³-hybridized carbons (Fsp3) is 0.0952. The zero-order valence-corrected chi connectivity index (χ0v) is 14.5. The van der Waals surface area contributed by atoms with E-state index in [0.717, 1.165) is 5.75 Å². The zero-order chi connectivity index (χ0) is 18.4. The van der Waals surface area contributed by atoms with E-state index in [1.807, 2.05) is 30.3 Å². The monoisotopic (exact) mass is 350 g/mol. The van der Waals surface area contributed by atoms with Gasteiger partial charge in [0, 0.05) is 6.07 Å². The molecule has 0 atom stereocenters. The SMILES string of the molecule is COc1ccc(C(=O)Oc2ccc(Oc3ccccc3)cc2)c(OC)c1. The molecule has 0 bridgehead atoms. The van der Waals surface area contributed by atoms with Crippen molar-refractivity contribution in [3.8, 4) is 28.7 Å². The molecule has 132 valence electrons. The second-order valence-corrected chi connectivity index (χ2v) is 5.34. The van der Waals surface area contributed by atoms with Crippen molar-refractivity contribution in [1.82, 2.24) is 0 Å². The minimum atomic E-state index is -0.513. The van der Waals surface area contributed by atoms with Gasteiger partial charge in [-0.3, -0.25) is 0 Å². The summed E-state index contributed by atoms with van der Waals surface area (Å²) >= 11 is 0. The highest BCUT2D eigenvalue weighted by molar-refractivity contribution is 5.94. The number of hydrogen-bond acceptors (Lipinski definition) is 5. The molecule has 0 fully saturated rings. The predicted molar refractivity (Wildman–Crippen MR) is 97.5 cm³/mol. The van der Waals surface area contributed by atoms with Crippen LogP contribution in [0.1, 0.15) is 10.4 Å². The third kappa shape index (κ3) is 4.13. The van der Waals surface area contributed by atoms with Crippen LogP contribution in [0.2, 0.25) is 0 Å². The highest BCUT2D eigenvalue weighted by Crippen LogP contribution is 2.27. The first kappa shape index (κ1) is 17.4. The second-order valence-electron chi connectivity index (χ2n) is 5.34. The van der Waals surface area contributed by atoms with Crippen molar-refractivity contribution in [1.29, 1.82) is 0 Å². The normalized spacial score (nSPS) is 10.1. The molecular weight excluding hydrogens is 332 g/mol. The highest BCUT2D eigenvalue weighted by atomic mass is 16.5. The maximum absolute atomic E-state index is 12.4. The third-order valence-corrected chi connectivity index (χ3v) is 3.64. The van der Waals surface area contributed by atoms with Gasteiger partial charge in [0.25, 0.3) is 0 Å². The van der Waals surface area contributed by atoms with E-state index < -0.39 is 5.97 Å². The van der Waals surface area contributed by atoms with Gasteiger partial charge in [-0.05, 0) is 48.5 Å². The standard InChI is InChI=1S/C21H18O5/c1-23-18-12-13-19(20(14-18)24-2)21(22)26-17-10-8-16(9-11-17)25-15-6-4-3-5-7-15/h3-14H,1-2H3. The van der Waals surface area contributed by atoms with E-state index in [0.29, 0.717) is 28.6 Å². The Morgan fingerprint density at radius 2 is 1.31 bits per heavy atom. The summed E-state index contributed by atoms with van der Waals surface area (Å²) in [5, 5.41) is 0. The zero-order valence-electron chi connectivity index (χ0n) is 14.5. The molecule has 0 saturated heterocycles. The van der Waals surface area contributed by atoms with Gasteiger partial charge >= 0.3 is 5.97 Å². The van der Waals surface area contributed by atoms with Gasteiger partial charge in [0.05, 0.1) is 14.2 Å². The van der Waals surface area contributed by atoms with Crippen LogP contribution in [0, 0.1) is 0 Å². The van der Waals surface area contributed by atoms with Crippen LogP contribution in [0.5, 0.6) is 28.7 Å². The molecule has 0 aliphatic rings. The number of benzene rings is 3. The largest absolute Gasteiger partial charge is 0.497 e. The topological polar surface area (TPSA) is 54.0 Å². The first-order valence-electron chi connectivity index (χ1n) is 7.97. The Hall–Kier alpha value is -3.47. The van der Waals surface area contributed by atoms with Gasteiger partial charge in [0.2, 0.25) is 0 Å². The van der Waals surface area contributed by atoms with E-state index in [1.165, 1.54) is 7.11 Å². The first-order valence-corrected chi connectivity index (χ1v) is 7.97. The molecular formula is C21H18O5. The molecule has 3 aromatic carbocycles. The third-order valence-electron chi connectivity index (χ3n) is 3.64. The number of ether oxygens (including phenoxy) is 4. The molecule has 0 aliphatic carbocycles. The number of methoxy groups -OCH3 is 2. The molecule has 5 heteroatoms. The Morgan fingerprint density at radius 3 is 1.96 bits per heavy atom. The lowest BCUT2D eigenvalue weighted by molar-refractivity contribution is 0.0731. The summed E-state index contributed by atoms with van der Waals surface area (Å²) in [6.45, 7) is 0. The summed E-state index contributed by atoms with van der Waals surface area (Å²) in [7, 11) is 3.03. The molecule has 3 aromatic rings. The molecule has 0 N–H and O–H groups in total. The molecule has 0 saturated carbocycles.